The quantitative estimate of drug-likeness (QED) is 0.190. The molecule has 1 fully saturated rings. The summed E-state index contributed by atoms with van der Waals surface area (Å²) in [6.45, 7) is 9.87. The van der Waals surface area contributed by atoms with Crippen LogP contribution in [0.15, 0.2) is 78.0 Å². The van der Waals surface area contributed by atoms with Crippen molar-refractivity contribution in [2.75, 3.05) is 25.4 Å². The largest absolute Gasteiger partial charge is 0.339 e. The van der Waals surface area contributed by atoms with Crippen LogP contribution in [0.4, 0.5) is 0 Å². The van der Waals surface area contributed by atoms with E-state index in [0.29, 0.717) is 31.6 Å². The molecule has 1 saturated heterocycles. The summed E-state index contributed by atoms with van der Waals surface area (Å²) in [4.78, 5) is 29.9. The number of hydrogen-bond acceptors (Lipinski definition) is 5. The van der Waals surface area contributed by atoms with Crippen molar-refractivity contribution in [3.63, 3.8) is 0 Å². The number of amides is 2. The molecule has 41 heavy (non-hydrogen) atoms. The molecular formula is C33H37N5O2S. The molecule has 1 aromatic heterocycles. The lowest BCUT2D eigenvalue weighted by Crippen LogP contribution is -2.55. The average Bonchev–Trinajstić information content (AvgIpc) is 3.39. The lowest BCUT2D eigenvalue weighted by Gasteiger charge is -2.40. The Morgan fingerprint density at radius 1 is 0.878 bits per heavy atom. The van der Waals surface area contributed by atoms with Gasteiger partial charge in [0, 0.05) is 49.0 Å². The molecular weight excluding hydrogens is 530 g/mol. The second-order valence-electron chi connectivity index (χ2n) is 10.8. The molecule has 0 aliphatic carbocycles. The fourth-order valence-electron chi connectivity index (χ4n) is 5.18. The molecule has 212 valence electrons. The van der Waals surface area contributed by atoms with Gasteiger partial charge < -0.3 is 9.80 Å². The number of benzene rings is 3. The molecule has 2 heterocycles. The molecule has 1 aliphatic rings. The minimum Gasteiger partial charge on any atom is -0.339 e. The van der Waals surface area contributed by atoms with Gasteiger partial charge >= 0.3 is 0 Å². The number of carbonyl (C=O) groups is 2. The molecule has 0 bridgehead atoms. The topological polar surface area (TPSA) is 71.3 Å². The first-order valence-electron chi connectivity index (χ1n) is 14.2. The molecule has 3 aromatic carbocycles. The molecule has 8 heteroatoms. The third kappa shape index (κ3) is 6.54. The van der Waals surface area contributed by atoms with Crippen molar-refractivity contribution in [1.29, 1.82) is 0 Å². The van der Waals surface area contributed by atoms with Crippen LogP contribution < -0.4 is 0 Å². The second-order valence-corrected chi connectivity index (χ2v) is 11.9. The summed E-state index contributed by atoms with van der Waals surface area (Å²) in [6.07, 6.45) is 1.20. The van der Waals surface area contributed by atoms with E-state index in [0.717, 1.165) is 45.5 Å². The lowest BCUT2D eigenvalue weighted by atomic mass is 10.1. The number of rotatable bonds is 8. The molecule has 0 N–H and O–H groups in total. The highest BCUT2D eigenvalue weighted by Crippen LogP contribution is 2.30. The third-order valence-corrected chi connectivity index (χ3v) is 8.62. The summed E-state index contributed by atoms with van der Waals surface area (Å²) in [7, 11) is 0. The second kappa shape index (κ2) is 12.7. The van der Waals surface area contributed by atoms with Gasteiger partial charge in [-0.2, -0.15) is 0 Å². The van der Waals surface area contributed by atoms with Crippen LogP contribution in [0.5, 0.6) is 0 Å². The number of hydrogen-bond donors (Lipinski definition) is 0. The van der Waals surface area contributed by atoms with Gasteiger partial charge in [-0.25, -0.2) is 0 Å². The van der Waals surface area contributed by atoms with Crippen molar-refractivity contribution in [3.05, 3.63) is 95.1 Å². The predicted octanol–water partition coefficient (Wildman–Crippen LogP) is 6.10. The fourth-order valence-corrected chi connectivity index (χ4v) is 6.06. The van der Waals surface area contributed by atoms with Gasteiger partial charge in [-0.3, -0.25) is 14.2 Å². The first-order valence-corrected chi connectivity index (χ1v) is 15.2. The minimum absolute atomic E-state index is 0.0243. The monoisotopic (exact) mass is 567 g/mol. The Morgan fingerprint density at radius 3 is 2.24 bits per heavy atom. The number of para-hydroxylation sites is 1. The van der Waals surface area contributed by atoms with E-state index in [1.165, 1.54) is 5.56 Å². The summed E-state index contributed by atoms with van der Waals surface area (Å²) >= 11 is 1.63. The molecule has 2 amide bonds. The normalized spacial score (nSPS) is 15.3. The van der Waals surface area contributed by atoms with Crippen molar-refractivity contribution in [2.45, 2.75) is 51.7 Å². The Morgan fingerprint density at radius 2 is 1.56 bits per heavy atom. The molecule has 1 unspecified atom stereocenters. The number of carbonyl (C=O) groups excluding carboxylic acids is 2. The maximum Gasteiger partial charge on any atom is 0.254 e. The number of aromatic nitrogens is 3. The molecule has 0 saturated carbocycles. The van der Waals surface area contributed by atoms with E-state index in [2.05, 4.69) is 65.0 Å². The van der Waals surface area contributed by atoms with Crippen LogP contribution in [-0.2, 0) is 4.79 Å². The van der Waals surface area contributed by atoms with Crippen molar-refractivity contribution in [2.24, 2.45) is 0 Å². The van der Waals surface area contributed by atoms with Gasteiger partial charge in [0.2, 0.25) is 5.91 Å². The van der Waals surface area contributed by atoms with Crippen LogP contribution in [0, 0.1) is 20.8 Å². The Kier molecular flexibility index (Phi) is 8.88. The van der Waals surface area contributed by atoms with Crippen LogP contribution in [0.2, 0.25) is 0 Å². The molecule has 5 rings (SSSR count). The number of thioether (sulfide) groups is 1. The number of piperazine rings is 1. The van der Waals surface area contributed by atoms with Crippen LogP contribution in [0.3, 0.4) is 0 Å². The van der Waals surface area contributed by atoms with Gasteiger partial charge in [-0.15, -0.1) is 10.2 Å². The standard InChI is InChI=1S/C33H37N5O2S/c1-23-11-15-27(16-12-23)31-34-35-33(38(31)29-9-6-5-8-25(29)3)41-21-7-10-30(39)36-19-20-37(26(4)22-36)32(40)28-17-13-24(2)14-18-28/h5-6,8-9,11-18,26H,7,10,19-22H2,1-4H3. The van der Waals surface area contributed by atoms with Crippen LogP contribution in [0.1, 0.15) is 46.8 Å². The third-order valence-electron chi connectivity index (χ3n) is 7.61. The van der Waals surface area contributed by atoms with E-state index in [4.69, 9.17) is 0 Å². The Labute approximate surface area is 246 Å². The van der Waals surface area contributed by atoms with Gasteiger partial charge in [0.1, 0.15) is 0 Å². The summed E-state index contributed by atoms with van der Waals surface area (Å²) in [6, 6.07) is 24.2. The predicted molar refractivity (Wildman–Crippen MR) is 164 cm³/mol. The molecule has 0 radical (unpaired) electrons. The van der Waals surface area contributed by atoms with Crippen LogP contribution >= 0.6 is 11.8 Å². The van der Waals surface area contributed by atoms with Crippen molar-refractivity contribution < 1.29 is 9.59 Å². The minimum atomic E-state index is -0.0243. The smallest absolute Gasteiger partial charge is 0.254 e. The summed E-state index contributed by atoms with van der Waals surface area (Å²) in [5, 5.41) is 9.93. The van der Waals surface area contributed by atoms with Gasteiger partial charge in [0.05, 0.1) is 5.69 Å². The van der Waals surface area contributed by atoms with Gasteiger partial charge in [-0.05, 0) is 57.9 Å². The maximum atomic E-state index is 13.1. The fraction of sp³-hybridized carbons (Fsp3) is 0.333. The summed E-state index contributed by atoms with van der Waals surface area (Å²) in [5.41, 5.74) is 6.24. The van der Waals surface area contributed by atoms with Gasteiger partial charge in [-0.1, -0.05) is 77.5 Å². The first kappa shape index (κ1) is 28.6. The molecule has 1 aliphatic heterocycles. The lowest BCUT2D eigenvalue weighted by molar-refractivity contribution is -0.133. The molecule has 4 aromatic rings. The Balaban J connectivity index is 1.19. The molecule has 7 nitrogen and oxygen atoms in total. The van der Waals surface area contributed by atoms with E-state index in [1.54, 1.807) is 11.8 Å². The van der Waals surface area contributed by atoms with Crippen molar-refractivity contribution >= 4 is 23.6 Å². The number of nitrogens with zero attached hydrogens (tertiary/aromatic N) is 5. The zero-order valence-corrected chi connectivity index (χ0v) is 25.0. The number of aryl methyl sites for hydroxylation is 3. The van der Waals surface area contributed by atoms with Crippen molar-refractivity contribution in [1.82, 2.24) is 24.6 Å². The van der Waals surface area contributed by atoms with E-state index in [-0.39, 0.29) is 17.9 Å². The Bertz CT molecular complexity index is 1510. The van der Waals surface area contributed by atoms with Gasteiger partial charge in [0.15, 0.2) is 11.0 Å². The maximum absolute atomic E-state index is 13.1. The zero-order chi connectivity index (χ0) is 28.9. The summed E-state index contributed by atoms with van der Waals surface area (Å²) in [5.74, 6) is 1.74. The highest BCUT2D eigenvalue weighted by molar-refractivity contribution is 7.99. The highest BCUT2D eigenvalue weighted by atomic mass is 32.2. The average molecular weight is 568 g/mol. The molecule has 1 atom stereocenters. The molecule has 0 spiro atoms. The summed E-state index contributed by atoms with van der Waals surface area (Å²) < 4.78 is 2.12. The van der Waals surface area contributed by atoms with E-state index < -0.39 is 0 Å². The van der Waals surface area contributed by atoms with Crippen LogP contribution in [0.25, 0.3) is 17.1 Å². The first-order chi connectivity index (χ1) is 19.8. The van der Waals surface area contributed by atoms with Crippen LogP contribution in [-0.4, -0.2) is 67.8 Å². The van der Waals surface area contributed by atoms with Gasteiger partial charge in [0.25, 0.3) is 5.91 Å². The van der Waals surface area contributed by atoms with Crippen molar-refractivity contribution in [3.8, 4) is 17.1 Å². The SMILES string of the molecule is Cc1ccc(C(=O)N2CCN(C(=O)CCCSc3nnc(-c4ccc(C)cc4)n3-c3ccccc3C)CC2C)cc1. The Hall–Kier alpha value is -3.91. The zero-order valence-electron chi connectivity index (χ0n) is 24.2. The van der Waals surface area contributed by atoms with E-state index in [1.807, 2.05) is 60.0 Å². The highest BCUT2D eigenvalue weighted by Gasteiger charge is 2.30. The van der Waals surface area contributed by atoms with E-state index in [9.17, 15) is 9.59 Å². The van der Waals surface area contributed by atoms with E-state index >= 15 is 0 Å².